The predicted molar refractivity (Wildman–Crippen MR) is 212 cm³/mol. The van der Waals surface area contributed by atoms with Crippen LogP contribution >= 0.6 is 0 Å². The van der Waals surface area contributed by atoms with Gasteiger partial charge in [-0.1, -0.05) is 62.4 Å². The molecule has 1 unspecified atom stereocenters. The molecule has 1 fully saturated rings. The van der Waals surface area contributed by atoms with Crippen molar-refractivity contribution in [2.75, 3.05) is 20.8 Å². The molecule has 3 aromatic heterocycles. The molecule has 4 N–H and O–H groups in total. The Balaban J connectivity index is 0.943. The van der Waals surface area contributed by atoms with Gasteiger partial charge in [0.25, 0.3) is 5.92 Å². The second-order valence-corrected chi connectivity index (χ2v) is 15.9. The fourth-order valence-corrected chi connectivity index (χ4v) is 8.74. The lowest BCUT2D eigenvalue weighted by molar-refractivity contribution is -0.136. The predicted octanol–water partition coefficient (Wildman–Crippen LogP) is 6.74. The van der Waals surface area contributed by atoms with Gasteiger partial charge in [-0.05, 0) is 52.6 Å². The second kappa shape index (κ2) is 15.8. The summed E-state index contributed by atoms with van der Waals surface area (Å²) in [6.45, 7) is 3.24. The number of H-pyrrole nitrogens is 2. The highest BCUT2D eigenvalue weighted by atomic mass is 19.3. The third kappa shape index (κ3) is 7.82. The van der Waals surface area contributed by atoms with E-state index in [4.69, 9.17) is 9.72 Å². The number of amides is 3. The van der Waals surface area contributed by atoms with Crippen molar-refractivity contribution in [1.82, 2.24) is 40.0 Å². The van der Waals surface area contributed by atoms with E-state index >= 15 is 0 Å². The number of ether oxygens (including phenoxy) is 2. The standard InChI is InChI=1S/C43H46F2N8O6/c1-23(2)36(51-42(57)59-4)40(55)53-22-43(44,45)18-33(53)39-47-20-32(49-39)27-11-7-25(8-12-27)24-5-9-26(10-6-24)31-19-46-38(48-31)29-17-34(54)35-30(50-41(56)58-3)14-13-28-15-16-52(21-29)37(28)35/h5-12,15-16,19-20,23,29-30,33,35-36H,13-14,17-18,21-22H2,1-4H3,(H,46,48)(H,47,49)(H,50,56)(H,51,57)/t29-,30-,33-,35?,36-/m0/s1. The van der Waals surface area contributed by atoms with Gasteiger partial charge in [0, 0.05) is 43.2 Å². The maximum absolute atomic E-state index is 14.8. The van der Waals surface area contributed by atoms with Gasteiger partial charge in [0.2, 0.25) is 5.91 Å². The molecular formula is C43H46F2N8O6. The van der Waals surface area contributed by atoms with E-state index in [1.807, 2.05) is 54.7 Å². The van der Waals surface area contributed by atoms with Crippen LogP contribution in [-0.4, -0.2) is 92.1 Å². The van der Waals surface area contributed by atoms with Crippen LogP contribution in [0.3, 0.4) is 0 Å². The van der Waals surface area contributed by atoms with Gasteiger partial charge in [-0.2, -0.15) is 0 Å². The first kappa shape index (κ1) is 39.5. The lowest BCUT2D eigenvalue weighted by atomic mass is 9.79. The number of Topliss-reactive ketones (excluding diaryl/α,β-unsaturated/α-hetero) is 1. The Hall–Kier alpha value is -6.32. The number of halogens is 2. The third-order valence-electron chi connectivity index (χ3n) is 11.8. The number of nitrogens with zero attached hydrogens (tertiary/aromatic N) is 4. The second-order valence-electron chi connectivity index (χ2n) is 15.9. The molecule has 0 spiro atoms. The lowest BCUT2D eigenvalue weighted by Crippen LogP contribution is -2.51. The molecule has 308 valence electrons. The number of carbonyl (C=O) groups is 4. The summed E-state index contributed by atoms with van der Waals surface area (Å²) < 4.78 is 41.2. The van der Waals surface area contributed by atoms with Crippen molar-refractivity contribution in [3.8, 4) is 33.6 Å². The molecule has 1 saturated heterocycles. The molecule has 3 amide bonds. The molecule has 0 bridgehead atoms. The number of aryl methyl sites for hydroxylation is 1. The number of hydrogen-bond donors (Lipinski definition) is 4. The van der Waals surface area contributed by atoms with Gasteiger partial charge >= 0.3 is 12.2 Å². The number of benzene rings is 2. The molecule has 16 heteroatoms. The van der Waals surface area contributed by atoms with E-state index in [0.717, 1.165) is 56.4 Å². The first-order chi connectivity index (χ1) is 28.3. The first-order valence-corrected chi connectivity index (χ1v) is 19.7. The van der Waals surface area contributed by atoms with Crippen molar-refractivity contribution in [3.63, 3.8) is 0 Å². The van der Waals surface area contributed by atoms with Crippen LogP contribution in [0.15, 0.2) is 73.2 Å². The quantitative estimate of drug-likeness (QED) is 0.127. The molecule has 8 rings (SSSR count). The van der Waals surface area contributed by atoms with Gasteiger partial charge < -0.3 is 39.5 Å². The minimum atomic E-state index is -3.13. The molecule has 2 aliphatic heterocycles. The molecule has 3 aliphatic rings. The van der Waals surface area contributed by atoms with Crippen LogP contribution in [0.25, 0.3) is 33.6 Å². The summed E-state index contributed by atoms with van der Waals surface area (Å²) in [5.41, 5.74) is 7.20. The summed E-state index contributed by atoms with van der Waals surface area (Å²) in [5.74, 6) is -3.71. The lowest BCUT2D eigenvalue weighted by Gasteiger charge is -2.31. The minimum Gasteiger partial charge on any atom is -0.453 e. The van der Waals surface area contributed by atoms with Gasteiger partial charge in [-0.25, -0.2) is 28.3 Å². The van der Waals surface area contributed by atoms with E-state index in [1.54, 1.807) is 26.2 Å². The number of likely N-dealkylation sites (tertiary alicyclic amines) is 1. The molecule has 5 atom stereocenters. The molecule has 14 nitrogen and oxygen atoms in total. The molecular weight excluding hydrogens is 763 g/mol. The van der Waals surface area contributed by atoms with E-state index < -0.39 is 55.0 Å². The highest BCUT2D eigenvalue weighted by Gasteiger charge is 2.50. The number of aromatic nitrogens is 5. The third-order valence-corrected chi connectivity index (χ3v) is 11.8. The number of imidazole rings is 2. The van der Waals surface area contributed by atoms with Gasteiger partial charge in [-0.3, -0.25) is 9.59 Å². The average Bonchev–Trinajstić information content (AvgIpc) is 4.04. The van der Waals surface area contributed by atoms with Crippen LogP contribution in [0, 0.1) is 5.92 Å². The smallest absolute Gasteiger partial charge is 0.407 e. The summed E-state index contributed by atoms with van der Waals surface area (Å²) >= 11 is 0. The van der Waals surface area contributed by atoms with E-state index in [9.17, 15) is 28.0 Å². The number of rotatable bonds is 9. The monoisotopic (exact) mass is 808 g/mol. The summed E-state index contributed by atoms with van der Waals surface area (Å²) in [4.78, 5) is 68.2. The fourth-order valence-electron chi connectivity index (χ4n) is 8.74. The van der Waals surface area contributed by atoms with E-state index in [1.165, 1.54) is 14.2 Å². The number of aromatic amines is 2. The Kier molecular flexibility index (Phi) is 10.6. The van der Waals surface area contributed by atoms with Crippen molar-refractivity contribution in [2.24, 2.45) is 5.92 Å². The Morgan fingerprint density at radius 2 is 1.46 bits per heavy atom. The van der Waals surface area contributed by atoms with Crippen molar-refractivity contribution in [2.45, 2.75) is 82.0 Å². The highest BCUT2D eigenvalue weighted by Crippen LogP contribution is 2.42. The average molecular weight is 809 g/mol. The van der Waals surface area contributed by atoms with Crippen LogP contribution in [0.4, 0.5) is 18.4 Å². The Labute approximate surface area is 339 Å². The summed E-state index contributed by atoms with van der Waals surface area (Å²) in [5, 5.41) is 5.37. The maximum atomic E-state index is 14.8. The molecule has 0 saturated carbocycles. The minimum absolute atomic E-state index is 0.0688. The van der Waals surface area contributed by atoms with Crippen LogP contribution in [0.1, 0.15) is 73.9 Å². The molecule has 2 aromatic carbocycles. The summed E-state index contributed by atoms with van der Waals surface area (Å²) in [6, 6.07) is 15.5. The van der Waals surface area contributed by atoms with Gasteiger partial charge in [-0.15, -0.1) is 0 Å². The Morgan fingerprint density at radius 1 is 0.864 bits per heavy atom. The number of alkyl halides is 2. The zero-order valence-electron chi connectivity index (χ0n) is 33.1. The molecule has 5 aromatic rings. The largest absolute Gasteiger partial charge is 0.453 e. The normalized spacial score (nSPS) is 21.4. The molecule has 59 heavy (non-hydrogen) atoms. The maximum Gasteiger partial charge on any atom is 0.407 e. The van der Waals surface area contributed by atoms with Crippen molar-refractivity contribution >= 4 is 23.9 Å². The van der Waals surface area contributed by atoms with Crippen LogP contribution < -0.4 is 10.6 Å². The van der Waals surface area contributed by atoms with E-state index in [0.29, 0.717) is 18.7 Å². The van der Waals surface area contributed by atoms with Crippen molar-refractivity contribution in [3.05, 3.63) is 96.1 Å². The summed E-state index contributed by atoms with van der Waals surface area (Å²) in [6.07, 6.45) is 5.15. The number of carbonyl (C=O) groups excluding carboxylic acids is 4. The number of nitrogens with one attached hydrogen (secondary N) is 4. The Morgan fingerprint density at radius 3 is 2.07 bits per heavy atom. The zero-order chi connectivity index (χ0) is 41.6. The molecule has 0 radical (unpaired) electrons. The summed E-state index contributed by atoms with van der Waals surface area (Å²) in [7, 11) is 2.50. The van der Waals surface area contributed by atoms with E-state index in [-0.39, 0.29) is 35.9 Å². The number of ketones is 1. The SMILES string of the molecule is COC(=O)N[C@H]1CCc2ccn3c2C1C(=O)C[C@H](c1ncc(-c2ccc(-c4ccc(-c5cnc([C@@H]6CC(F)(F)CN6C(=O)[C@@H](NC(=O)OC)C(C)C)[nH]5)cc4)cc2)[nH]1)C3. The Bertz CT molecular complexity index is 2370. The number of methoxy groups -OCH3 is 2. The highest BCUT2D eigenvalue weighted by molar-refractivity contribution is 5.89. The first-order valence-electron chi connectivity index (χ1n) is 19.7. The van der Waals surface area contributed by atoms with Crippen LogP contribution in [0.2, 0.25) is 0 Å². The van der Waals surface area contributed by atoms with Gasteiger partial charge in [0.1, 0.15) is 23.5 Å². The van der Waals surface area contributed by atoms with Crippen molar-refractivity contribution in [1.29, 1.82) is 0 Å². The van der Waals surface area contributed by atoms with Crippen LogP contribution in [0.5, 0.6) is 0 Å². The number of alkyl carbamates (subject to hydrolysis) is 2. The zero-order valence-corrected chi connectivity index (χ0v) is 33.1. The van der Waals surface area contributed by atoms with E-state index in [2.05, 4.69) is 41.0 Å². The molecule has 5 heterocycles. The topological polar surface area (TPSA) is 176 Å². The van der Waals surface area contributed by atoms with Crippen LogP contribution in [-0.2, 0) is 32.0 Å². The molecule has 1 aliphatic carbocycles. The van der Waals surface area contributed by atoms with Gasteiger partial charge in [0.15, 0.2) is 0 Å². The number of hydrogen-bond acceptors (Lipinski definition) is 8. The van der Waals surface area contributed by atoms with Gasteiger partial charge in [0.05, 0.1) is 56.5 Å². The fraction of sp³-hybridized carbons (Fsp3) is 0.395. The van der Waals surface area contributed by atoms with Crippen molar-refractivity contribution < 1.29 is 37.4 Å².